The van der Waals surface area contributed by atoms with Gasteiger partial charge in [-0.05, 0) is 34.1 Å². The monoisotopic (exact) mass is 728 g/mol. The third-order valence-corrected chi connectivity index (χ3v) is 10.4. The van der Waals surface area contributed by atoms with Crippen LogP contribution in [0.4, 0.5) is 13.6 Å². The topological polar surface area (TPSA) is 175 Å². The highest BCUT2D eigenvalue weighted by atomic mass is 32.2. The molecule has 0 aromatic heterocycles. The number of para-hydroxylation sites is 1. The van der Waals surface area contributed by atoms with Crippen LogP contribution in [-0.4, -0.2) is 94.1 Å². The predicted molar refractivity (Wildman–Crippen MR) is 185 cm³/mol. The summed E-state index contributed by atoms with van der Waals surface area (Å²) in [6.07, 6.45) is -2.82. The van der Waals surface area contributed by atoms with Crippen molar-refractivity contribution in [2.75, 3.05) is 26.5 Å². The summed E-state index contributed by atoms with van der Waals surface area (Å²) in [5.74, 6) is -1.93. The Kier molecular flexibility index (Phi) is 12.6. The molecule has 50 heavy (non-hydrogen) atoms. The first-order valence-electron chi connectivity index (χ1n) is 16.7. The number of ether oxygens (including phenoxy) is 1. The Morgan fingerprint density at radius 1 is 1.00 bits per heavy atom. The largest absolute Gasteiger partial charge is 0.496 e. The molecule has 1 saturated heterocycles. The van der Waals surface area contributed by atoms with Gasteiger partial charge in [0.1, 0.15) is 23.9 Å². The smallest absolute Gasteiger partial charge is 0.315 e. The zero-order chi connectivity index (χ0) is 38.0. The molecule has 0 radical (unpaired) electrons. The van der Waals surface area contributed by atoms with Crippen LogP contribution in [0.1, 0.15) is 67.4 Å². The van der Waals surface area contributed by atoms with Gasteiger partial charge in [-0.15, -0.1) is 0 Å². The molecule has 5 N–H and O–H groups in total. The van der Waals surface area contributed by atoms with E-state index in [1.165, 1.54) is 12.0 Å². The van der Waals surface area contributed by atoms with Gasteiger partial charge in [-0.3, -0.25) is 14.4 Å². The first-order valence-corrected chi connectivity index (χ1v) is 18.6. The van der Waals surface area contributed by atoms with Crippen molar-refractivity contribution in [1.29, 1.82) is 0 Å². The maximum atomic E-state index is 14.3. The Morgan fingerprint density at radius 2 is 1.62 bits per heavy atom. The summed E-state index contributed by atoms with van der Waals surface area (Å²) in [6, 6.07) is 1.78. The van der Waals surface area contributed by atoms with Crippen molar-refractivity contribution in [3.05, 3.63) is 29.8 Å². The van der Waals surface area contributed by atoms with E-state index in [-0.39, 0.29) is 36.9 Å². The number of likely N-dealkylation sites (tertiary alicyclic amines) is 1. The van der Waals surface area contributed by atoms with E-state index in [1.807, 2.05) is 34.6 Å². The SMILES string of the molecule is COc1ccccc1CNC(=O)[C@H](CC(F)F)NC(=O)[C@@H]1[C@@H]2[C@H](CN1C(=O)[C@@H](NC(=O)N[C@H](CNS(C)(=O)=O)C(C)(C)C)C(C)(C)C)C2(C)C. The van der Waals surface area contributed by atoms with Gasteiger partial charge < -0.3 is 30.9 Å². The van der Waals surface area contributed by atoms with E-state index in [0.717, 1.165) is 6.26 Å². The number of hydrogen-bond acceptors (Lipinski definition) is 7. The van der Waals surface area contributed by atoms with Crippen LogP contribution in [0.25, 0.3) is 0 Å². The van der Waals surface area contributed by atoms with Crippen LogP contribution in [0, 0.1) is 28.1 Å². The molecule has 6 atom stereocenters. The van der Waals surface area contributed by atoms with E-state index in [2.05, 4.69) is 26.0 Å². The van der Waals surface area contributed by atoms with E-state index in [9.17, 15) is 36.4 Å². The lowest BCUT2D eigenvalue weighted by molar-refractivity contribution is -0.144. The average molecular weight is 729 g/mol. The minimum absolute atomic E-state index is 0.0222. The van der Waals surface area contributed by atoms with Gasteiger partial charge in [0.15, 0.2) is 0 Å². The number of benzene rings is 1. The fourth-order valence-corrected chi connectivity index (χ4v) is 7.06. The molecule has 1 aliphatic heterocycles. The van der Waals surface area contributed by atoms with Crippen LogP contribution < -0.4 is 30.7 Å². The number of sulfonamides is 1. The third kappa shape index (κ3) is 10.3. The maximum absolute atomic E-state index is 14.3. The molecule has 2 aliphatic rings. The number of amides is 5. The molecule has 1 aliphatic carbocycles. The fourth-order valence-electron chi connectivity index (χ4n) is 6.59. The Hall–Kier alpha value is -3.53. The Labute approximate surface area is 294 Å². The number of fused-ring (bicyclic) bond motifs is 1. The molecule has 16 heteroatoms. The first kappa shape index (κ1) is 40.9. The molecule has 0 spiro atoms. The molecular weight excluding hydrogens is 674 g/mol. The Balaban J connectivity index is 1.82. The number of carbonyl (C=O) groups is 4. The fraction of sp³-hybridized carbons (Fsp3) is 0.706. The van der Waals surface area contributed by atoms with Crippen molar-refractivity contribution >= 4 is 33.8 Å². The number of methoxy groups -OCH3 is 1. The highest BCUT2D eigenvalue weighted by Gasteiger charge is 2.70. The number of nitrogens with one attached hydrogen (secondary N) is 5. The molecule has 1 aromatic carbocycles. The number of halogens is 2. The summed E-state index contributed by atoms with van der Waals surface area (Å²) < 4.78 is 58.6. The summed E-state index contributed by atoms with van der Waals surface area (Å²) in [4.78, 5) is 56.1. The number of nitrogens with zero attached hydrogens (tertiary/aromatic N) is 1. The highest BCUT2D eigenvalue weighted by Crippen LogP contribution is 2.65. The highest BCUT2D eigenvalue weighted by molar-refractivity contribution is 7.88. The number of alkyl halides is 2. The average Bonchev–Trinajstić information content (AvgIpc) is 3.30. The number of rotatable bonds is 14. The van der Waals surface area contributed by atoms with Crippen LogP contribution in [-0.2, 0) is 31.0 Å². The van der Waals surface area contributed by atoms with Gasteiger partial charge in [0.05, 0.1) is 13.4 Å². The lowest BCUT2D eigenvalue weighted by atomic mass is 9.85. The zero-order valence-electron chi connectivity index (χ0n) is 30.6. The minimum Gasteiger partial charge on any atom is -0.496 e. The molecule has 1 saturated carbocycles. The predicted octanol–water partition coefficient (Wildman–Crippen LogP) is 2.61. The quantitative estimate of drug-likeness (QED) is 0.196. The summed E-state index contributed by atoms with van der Waals surface area (Å²) in [5, 5.41) is 10.6. The number of carbonyl (C=O) groups excluding carboxylic acids is 4. The van der Waals surface area contributed by atoms with E-state index in [0.29, 0.717) is 11.3 Å². The molecule has 3 rings (SSSR count). The molecular formula is C34H54F2N6O7S. The van der Waals surface area contributed by atoms with Crippen molar-refractivity contribution in [3.63, 3.8) is 0 Å². The molecule has 5 amide bonds. The first-order chi connectivity index (χ1) is 22.9. The lowest BCUT2D eigenvalue weighted by Gasteiger charge is -2.38. The summed E-state index contributed by atoms with van der Waals surface area (Å²) >= 11 is 0. The van der Waals surface area contributed by atoms with Crippen LogP contribution in [0.5, 0.6) is 5.75 Å². The molecule has 13 nitrogen and oxygen atoms in total. The Morgan fingerprint density at radius 3 is 2.16 bits per heavy atom. The van der Waals surface area contributed by atoms with Gasteiger partial charge in [-0.1, -0.05) is 73.6 Å². The summed E-state index contributed by atoms with van der Waals surface area (Å²) in [7, 11) is -2.07. The summed E-state index contributed by atoms with van der Waals surface area (Å²) in [6.45, 7) is 14.8. The van der Waals surface area contributed by atoms with Crippen LogP contribution in [0.2, 0.25) is 0 Å². The van der Waals surface area contributed by atoms with Crippen molar-refractivity contribution in [2.24, 2.45) is 28.1 Å². The second kappa shape index (κ2) is 15.4. The van der Waals surface area contributed by atoms with E-state index in [4.69, 9.17) is 4.74 Å². The summed E-state index contributed by atoms with van der Waals surface area (Å²) in [5.41, 5.74) is -1.10. The van der Waals surface area contributed by atoms with Crippen LogP contribution in [0.15, 0.2) is 24.3 Å². The molecule has 0 unspecified atom stereocenters. The molecule has 0 bridgehead atoms. The molecule has 1 heterocycles. The number of hydrogen-bond donors (Lipinski definition) is 5. The standard InChI is InChI=1S/C34H54F2N6O7S/c1-32(2,3)23(17-38-50(10,47)48)40-31(46)41-27(33(4,5)6)30(45)42-18-20-25(34(20,7)8)26(42)29(44)39-21(15-24(35)36)28(43)37-16-19-13-11-12-14-22(19)49-9/h11-14,20-21,23-27,38H,15-18H2,1-10H3,(H,37,43)(H,39,44)(H2,40,41,46)/t20-,21-,23+,25-,26-,27+/m0/s1. The van der Waals surface area contributed by atoms with Crippen molar-refractivity contribution in [3.8, 4) is 5.75 Å². The van der Waals surface area contributed by atoms with E-state index >= 15 is 0 Å². The van der Waals surface area contributed by atoms with Gasteiger partial charge in [0, 0.05) is 37.7 Å². The van der Waals surface area contributed by atoms with Crippen molar-refractivity contribution in [2.45, 2.75) is 98.9 Å². The normalized spacial score (nSPS) is 21.8. The van der Waals surface area contributed by atoms with E-state index < -0.39 is 81.6 Å². The second-order valence-corrected chi connectivity index (χ2v) is 17.9. The number of urea groups is 1. The van der Waals surface area contributed by atoms with Gasteiger partial charge in [-0.25, -0.2) is 26.7 Å². The minimum atomic E-state index is -3.54. The Bertz CT molecular complexity index is 1530. The van der Waals surface area contributed by atoms with Crippen molar-refractivity contribution < 1.29 is 41.1 Å². The van der Waals surface area contributed by atoms with Crippen LogP contribution in [0.3, 0.4) is 0 Å². The van der Waals surface area contributed by atoms with Gasteiger partial charge in [-0.2, -0.15) is 0 Å². The maximum Gasteiger partial charge on any atom is 0.315 e. The zero-order valence-corrected chi connectivity index (χ0v) is 31.5. The van der Waals surface area contributed by atoms with Gasteiger partial charge in [0.25, 0.3) is 0 Å². The van der Waals surface area contributed by atoms with Crippen LogP contribution >= 0.6 is 0 Å². The molecule has 2 fully saturated rings. The molecule has 1 aromatic rings. The third-order valence-electron chi connectivity index (χ3n) is 9.74. The number of piperidine rings is 1. The lowest BCUT2D eigenvalue weighted by Crippen LogP contribution is -2.62. The second-order valence-electron chi connectivity index (χ2n) is 16.1. The van der Waals surface area contributed by atoms with Gasteiger partial charge in [0.2, 0.25) is 34.2 Å². The van der Waals surface area contributed by atoms with Gasteiger partial charge >= 0.3 is 6.03 Å². The van der Waals surface area contributed by atoms with E-state index in [1.54, 1.807) is 45.0 Å². The molecule has 282 valence electrons. The van der Waals surface area contributed by atoms with Crippen molar-refractivity contribution in [1.82, 2.24) is 30.9 Å².